The molecule has 0 radical (unpaired) electrons. The van der Waals surface area contributed by atoms with Crippen LogP contribution in [0.5, 0.6) is 0 Å². The van der Waals surface area contributed by atoms with Crippen LogP contribution in [0.2, 0.25) is 0 Å². The summed E-state index contributed by atoms with van der Waals surface area (Å²) in [5.41, 5.74) is 12.4. The fraction of sp³-hybridized carbons (Fsp3) is 0. The third-order valence-corrected chi connectivity index (χ3v) is 11.3. The van der Waals surface area contributed by atoms with E-state index in [1.807, 2.05) is 48.5 Å². The van der Waals surface area contributed by atoms with Crippen molar-refractivity contribution in [1.82, 2.24) is 9.13 Å². The molecule has 0 saturated heterocycles. The van der Waals surface area contributed by atoms with E-state index >= 15 is 0 Å². The van der Waals surface area contributed by atoms with Gasteiger partial charge in [-0.1, -0.05) is 66.7 Å². The van der Waals surface area contributed by atoms with E-state index in [1.54, 1.807) is 6.07 Å². The second-order valence-electron chi connectivity index (χ2n) is 14.4. The Morgan fingerprint density at radius 1 is 0.429 bits per heavy atom. The summed E-state index contributed by atoms with van der Waals surface area (Å²) in [6.07, 6.45) is 0. The van der Waals surface area contributed by atoms with E-state index in [4.69, 9.17) is 15.4 Å². The number of rotatable bonds is 3. The van der Waals surface area contributed by atoms with Gasteiger partial charge in [-0.25, -0.2) is 4.85 Å². The van der Waals surface area contributed by atoms with Gasteiger partial charge in [-0.05, 0) is 90.0 Å². The lowest BCUT2D eigenvalue weighted by molar-refractivity contribution is 0.669. The number of furan rings is 2. The summed E-state index contributed by atoms with van der Waals surface area (Å²) in [4.78, 5) is 3.70. The molecular weight excluding hydrogens is 689 g/mol. The van der Waals surface area contributed by atoms with E-state index in [0.29, 0.717) is 11.3 Å². The molecule has 12 rings (SSSR count). The van der Waals surface area contributed by atoms with Gasteiger partial charge < -0.3 is 18.0 Å². The highest BCUT2D eigenvalue weighted by atomic mass is 16.3. The summed E-state index contributed by atoms with van der Waals surface area (Å²) in [5, 5.41) is 18.6. The lowest BCUT2D eigenvalue weighted by Gasteiger charge is -2.10. The van der Waals surface area contributed by atoms with Gasteiger partial charge in [-0.15, -0.1) is 0 Å². The number of hydrogen-bond donors (Lipinski definition) is 0. The number of nitriles is 1. The van der Waals surface area contributed by atoms with Gasteiger partial charge in [-0.3, -0.25) is 0 Å². The molecule has 0 aliphatic rings. The van der Waals surface area contributed by atoms with Crippen molar-refractivity contribution < 1.29 is 8.83 Å². The molecule has 8 aromatic carbocycles. The second kappa shape index (κ2) is 11.2. The lowest BCUT2D eigenvalue weighted by atomic mass is 10.00. The maximum Gasteiger partial charge on any atom is 0.190 e. The first-order valence-corrected chi connectivity index (χ1v) is 18.4. The van der Waals surface area contributed by atoms with Crippen molar-refractivity contribution in [2.75, 3.05) is 0 Å². The zero-order valence-electron chi connectivity index (χ0n) is 29.6. The van der Waals surface area contributed by atoms with E-state index in [0.717, 1.165) is 110 Å². The number of para-hydroxylation sites is 3. The van der Waals surface area contributed by atoms with Crippen LogP contribution in [0.1, 0.15) is 5.56 Å². The van der Waals surface area contributed by atoms with Gasteiger partial charge in [-0.2, -0.15) is 5.26 Å². The molecule has 0 aliphatic heterocycles. The summed E-state index contributed by atoms with van der Waals surface area (Å²) in [6.45, 7) is 7.77. The molecule has 12 aromatic rings. The molecule has 0 aliphatic carbocycles. The van der Waals surface area contributed by atoms with E-state index < -0.39 is 0 Å². The van der Waals surface area contributed by atoms with Crippen molar-refractivity contribution in [3.63, 3.8) is 0 Å². The Labute approximate surface area is 318 Å². The number of benzene rings is 8. The molecule has 4 aromatic heterocycles. The Hall–Kier alpha value is -8.06. The summed E-state index contributed by atoms with van der Waals surface area (Å²) in [6, 6.07) is 56.5. The van der Waals surface area contributed by atoms with Crippen LogP contribution >= 0.6 is 0 Å². The number of aromatic nitrogens is 2. The molecular formula is C50H26N4O2. The Kier molecular flexibility index (Phi) is 6.10. The summed E-state index contributed by atoms with van der Waals surface area (Å²) >= 11 is 0. The van der Waals surface area contributed by atoms with Gasteiger partial charge in [0.2, 0.25) is 0 Å². The minimum absolute atomic E-state index is 0.416. The molecule has 0 spiro atoms. The van der Waals surface area contributed by atoms with Crippen LogP contribution in [0, 0.1) is 17.9 Å². The highest BCUT2D eigenvalue weighted by molar-refractivity contribution is 6.20. The van der Waals surface area contributed by atoms with E-state index in [9.17, 15) is 5.26 Å². The highest BCUT2D eigenvalue weighted by Crippen LogP contribution is 2.43. The second-order valence-corrected chi connectivity index (χ2v) is 14.4. The van der Waals surface area contributed by atoms with Gasteiger partial charge >= 0.3 is 0 Å². The van der Waals surface area contributed by atoms with E-state index in [2.05, 4.69) is 123 Å². The number of nitrogens with zero attached hydrogens (tertiary/aromatic N) is 4. The molecule has 0 fully saturated rings. The maximum atomic E-state index is 9.90. The number of fused-ring (bicyclic) bond motifs is 12. The average molecular weight is 715 g/mol. The largest absolute Gasteiger partial charge is 0.456 e. The van der Waals surface area contributed by atoms with Crippen LogP contribution < -0.4 is 0 Å². The van der Waals surface area contributed by atoms with Gasteiger partial charge in [0.05, 0.1) is 34.7 Å². The average Bonchev–Trinajstić information content (AvgIpc) is 3.98. The Morgan fingerprint density at radius 3 is 1.50 bits per heavy atom. The van der Waals surface area contributed by atoms with Gasteiger partial charge in [0.25, 0.3) is 0 Å². The predicted octanol–water partition coefficient (Wildman–Crippen LogP) is 13.8. The Morgan fingerprint density at radius 2 is 0.946 bits per heavy atom. The molecule has 0 unspecified atom stereocenters. The third kappa shape index (κ3) is 4.24. The molecule has 0 atom stereocenters. The maximum absolute atomic E-state index is 9.90. The van der Waals surface area contributed by atoms with E-state index in [1.165, 1.54) is 0 Å². The minimum atomic E-state index is 0.416. The van der Waals surface area contributed by atoms with Crippen LogP contribution in [0.15, 0.2) is 167 Å². The molecule has 0 N–H and O–H groups in total. The first-order chi connectivity index (χ1) is 27.6. The molecule has 0 amide bonds. The zero-order chi connectivity index (χ0) is 37.1. The van der Waals surface area contributed by atoms with Gasteiger partial charge in [0, 0.05) is 72.2 Å². The molecule has 56 heavy (non-hydrogen) atoms. The first kappa shape index (κ1) is 30.4. The molecule has 0 saturated carbocycles. The van der Waals surface area contributed by atoms with Crippen molar-refractivity contribution in [2.45, 2.75) is 0 Å². The normalized spacial score (nSPS) is 11.9. The highest BCUT2D eigenvalue weighted by Gasteiger charge is 2.20. The van der Waals surface area contributed by atoms with Crippen LogP contribution in [0.4, 0.5) is 5.69 Å². The quantitative estimate of drug-likeness (QED) is 0.171. The fourth-order valence-electron chi connectivity index (χ4n) is 8.82. The Balaban J connectivity index is 1.13. The van der Waals surface area contributed by atoms with Crippen molar-refractivity contribution in [3.05, 3.63) is 175 Å². The first-order valence-electron chi connectivity index (χ1n) is 18.4. The topological polar surface area (TPSA) is 64.3 Å². The number of hydrogen-bond acceptors (Lipinski definition) is 3. The van der Waals surface area contributed by atoms with Crippen LogP contribution in [-0.4, -0.2) is 9.13 Å². The van der Waals surface area contributed by atoms with Crippen LogP contribution in [0.25, 0.3) is 115 Å². The summed E-state index contributed by atoms with van der Waals surface area (Å²) in [7, 11) is 0. The lowest BCUT2D eigenvalue weighted by Crippen LogP contribution is -1.94. The Bertz CT molecular complexity index is 3700. The summed E-state index contributed by atoms with van der Waals surface area (Å²) < 4.78 is 17.2. The monoisotopic (exact) mass is 714 g/mol. The molecule has 258 valence electrons. The van der Waals surface area contributed by atoms with Crippen molar-refractivity contribution in [2.24, 2.45) is 0 Å². The molecule has 6 nitrogen and oxygen atoms in total. The molecule has 6 heteroatoms. The molecule has 0 bridgehead atoms. The third-order valence-electron chi connectivity index (χ3n) is 11.3. The van der Waals surface area contributed by atoms with Crippen LogP contribution in [0.3, 0.4) is 0 Å². The molecule has 4 heterocycles. The standard InChI is InChI=1S/C50H26N4O2/c1-52-32-19-29(28-51)20-34(23-32)54-44-18-16-31(22-38(44)40-25-42-36-12-6-8-14-48(36)56-50(42)27-46(40)54)30-15-17-43-37(21-30)39-24-41-35-11-5-7-13-47(35)55-49(41)26-45(39)53(43)33-9-3-2-4-10-33/h2-27H. The van der Waals surface area contributed by atoms with Gasteiger partial charge in [0.15, 0.2) is 5.69 Å². The fourth-order valence-corrected chi connectivity index (χ4v) is 8.82. The van der Waals surface area contributed by atoms with Gasteiger partial charge in [0.1, 0.15) is 22.3 Å². The zero-order valence-corrected chi connectivity index (χ0v) is 29.6. The minimum Gasteiger partial charge on any atom is -0.456 e. The van der Waals surface area contributed by atoms with Crippen molar-refractivity contribution >= 4 is 93.2 Å². The SMILES string of the molecule is [C-]#[N+]c1cc(C#N)cc(-n2c3ccc(-c4ccc5c(c4)c4cc6c(cc4n5-c4ccccc4)oc4ccccc46)cc3c3cc4c(cc32)oc2ccccc24)c1. The van der Waals surface area contributed by atoms with E-state index in [-0.39, 0.29) is 0 Å². The predicted molar refractivity (Wildman–Crippen MR) is 226 cm³/mol. The smallest absolute Gasteiger partial charge is 0.190 e. The van der Waals surface area contributed by atoms with Crippen molar-refractivity contribution in [1.29, 1.82) is 5.26 Å². The van der Waals surface area contributed by atoms with Crippen molar-refractivity contribution in [3.8, 4) is 28.6 Å². The van der Waals surface area contributed by atoms with Crippen LogP contribution in [-0.2, 0) is 0 Å². The summed E-state index contributed by atoms with van der Waals surface area (Å²) in [5.74, 6) is 0.